The van der Waals surface area contributed by atoms with Gasteiger partial charge >= 0.3 is 8.80 Å². The number of hydrogen-bond donors (Lipinski definition) is 0. The molecule has 17 heavy (non-hydrogen) atoms. The van der Waals surface area contributed by atoms with Gasteiger partial charge in [0.05, 0.1) is 0 Å². The normalized spacial score (nSPS) is 27.6. The molecule has 0 heterocycles. The summed E-state index contributed by atoms with van der Waals surface area (Å²) in [6, 6.07) is 0. The zero-order valence-electron chi connectivity index (χ0n) is 11.2. The molecule has 1 saturated carbocycles. The quantitative estimate of drug-likeness (QED) is 0.517. The van der Waals surface area contributed by atoms with Crippen molar-refractivity contribution in [1.82, 2.24) is 0 Å². The molecule has 2 aliphatic carbocycles. The molecule has 2 bridgehead atoms. The predicted octanol–water partition coefficient (Wildman–Crippen LogP) is 3.15. The maximum atomic E-state index is 6.01. The summed E-state index contributed by atoms with van der Waals surface area (Å²) in [6.45, 7) is 8.17. The van der Waals surface area contributed by atoms with Crippen molar-refractivity contribution >= 4 is 8.80 Å². The molecule has 0 aromatic carbocycles. The summed E-state index contributed by atoms with van der Waals surface area (Å²) in [5.74, 6) is 0.710. The van der Waals surface area contributed by atoms with E-state index in [4.69, 9.17) is 13.3 Å². The molecule has 4 heteroatoms. The molecule has 0 aliphatic heterocycles. The monoisotopic (exact) mass is 256 g/mol. The molecule has 2 rings (SSSR count). The van der Waals surface area contributed by atoms with Gasteiger partial charge in [0, 0.05) is 25.4 Å². The van der Waals surface area contributed by atoms with Crippen LogP contribution in [0.4, 0.5) is 0 Å². The van der Waals surface area contributed by atoms with Gasteiger partial charge in [-0.25, -0.2) is 0 Å². The van der Waals surface area contributed by atoms with Crippen LogP contribution < -0.4 is 0 Å². The van der Waals surface area contributed by atoms with E-state index in [-0.39, 0.29) is 0 Å². The van der Waals surface area contributed by atoms with Gasteiger partial charge in [-0.05, 0) is 46.0 Å². The van der Waals surface area contributed by atoms with Crippen molar-refractivity contribution < 1.29 is 13.3 Å². The highest BCUT2D eigenvalue weighted by molar-refractivity contribution is 6.62. The van der Waals surface area contributed by atoms with Crippen LogP contribution in [0.15, 0.2) is 11.6 Å². The summed E-state index contributed by atoms with van der Waals surface area (Å²) in [5, 5.41) is 0. The average molecular weight is 256 g/mol. The highest BCUT2D eigenvalue weighted by Crippen LogP contribution is 2.53. The first-order valence-electron chi connectivity index (χ1n) is 6.85. The molecule has 3 nitrogen and oxygen atoms in total. The smallest absolute Gasteiger partial charge is 0.374 e. The lowest BCUT2D eigenvalue weighted by Crippen LogP contribution is -2.51. The molecule has 98 valence electrons. The Morgan fingerprint density at radius 3 is 2.00 bits per heavy atom. The highest BCUT2D eigenvalue weighted by atomic mass is 28.4. The predicted molar refractivity (Wildman–Crippen MR) is 69.8 cm³/mol. The number of hydrogen-bond acceptors (Lipinski definition) is 3. The van der Waals surface area contributed by atoms with Gasteiger partial charge in [0.2, 0.25) is 0 Å². The van der Waals surface area contributed by atoms with Crippen molar-refractivity contribution in [3.05, 3.63) is 11.6 Å². The molecule has 0 aromatic heterocycles. The van der Waals surface area contributed by atoms with Gasteiger partial charge in [-0.2, -0.15) is 0 Å². The summed E-state index contributed by atoms with van der Waals surface area (Å²) in [7, 11) is -2.46. The van der Waals surface area contributed by atoms with Crippen LogP contribution in [0, 0.1) is 5.92 Å². The van der Waals surface area contributed by atoms with Crippen molar-refractivity contribution in [3.63, 3.8) is 0 Å². The molecular weight excluding hydrogens is 232 g/mol. The fourth-order valence-corrected chi connectivity index (χ4v) is 6.65. The average Bonchev–Trinajstić information content (AvgIpc) is 2.91. The third kappa shape index (κ3) is 2.50. The minimum atomic E-state index is -2.46. The van der Waals surface area contributed by atoms with E-state index in [0.29, 0.717) is 31.3 Å². The Morgan fingerprint density at radius 1 is 1.06 bits per heavy atom. The lowest BCUT2D eigenvalue weighted by molar-refractivity contribution is 0.0562. The summed E-state index contributed by atoms with van der Waals surface area (Å²) in [4.78, 5) is 0. The molecule has 0 amide bonds. The van der Waals surface area contributed by atoms with Crippen LogP contribution in [0.3, 0.4) is 0 Å². The van der Waals surface area contributed by atoms with Crippen molar-refractivity contribution in [1.29, 1.82) is 0 Å². The van der Waals surface area contributed by atoms with E-state index in [0.717, 1.165) is 6.42 Å². The van der Waals surface area contributed by atoms with Gasteiger partial charge in [0.1, 0.15) is 0 Å². The molecule has 1 fully saturated rings. The second kappa shape index (κ2) is 5.65. The lowest BCUT2D eigenvalue weighted by Gasteiger charge is -2.36. The maximum Gasteiger partial charge on any atom is 0.504 e. The first-order chi connectivity index (χ1) is 8.25. The van der Waals surface area contributed by atoms with Crippen LogP contribution in [-0.4, -0.2) is 28.6 Å². The number of rotatable bonds is 7. The SMILES string of the molecule is CCO[Si](OCC)(OCC)C1CC2=CCC1C2. The third-order valence-electron chi connectivity index (χ3n) is 3.78. The Balaban J connectivity index is 2.15. The van der Waals surface area contributed by atoms with Crippen LogP contribution in [0.5, 0.6) is 0 Å². The standard InChI is InChI=1S/C13H24O3Si/c1-4-14-17(15-5-2,16-6-3)13-10-11-7-8-12(13)9-11/h7,12-13H,4-6,8-10H2,1-3H3. The molecule has 0 spiro atoms. The van der Waals surface area contributed by atoms with Gasteiger partial charge in [0.25, 0.3) is 0 Å². The molecule has 2 aliphatic rings. The Bertz CT molecular complexity index is 273. The van der Waals surface area contributed by atoms with Crippen LogP contribution in [0.25, 0.3) is 0 Å². The molecule has 0 aromatic rings. The van der Waals surface area contributed by atoms with E-state index in [1.165, 1.54) is 12.8 Å². The minimum Gasteiger partial charge on any atom is -0.374 e. The first kappa shape index (κ1) is 13.3. The zero-order valence-corrected chi connectivity index (χ0v) is 12.2. The fourth-order valence-electron chi connectivity index (χ4n) is 3.21. The van der Waals surface area contributed by atoms with E-state index in [1.54, 1.807) is 5.57 Å². The largest absolute Gasteiger partial charge is 0.504 e. The van der Waals surface area contributed by atoms with Crippen LogP contribution in [0.2, 0.25) is 5.54 Å². The summed E-state index contributed by atoms with van der Waals surface area (Å²) in [6.07, 6.45) is 5.97. The number of fused-ring (bicyclic) bond motifs is 2. The summed E-state index contributed by atoms with van der Waals surface area (Å²) >= 11 is 0. The Labute approximate surface area is 106 Å². The fraction of sp³-hybridized carbons (Fsp3) is 0.846. The van der Waals surface area contributed by atoms with Crippen LogP contribution in [0.1, 0.15) is 40.0 Å². The topological polar surface area (TPSA) is 27.7 Å². The lowest BCUT2D eigenvalue weighted by atomic mass is 10.1. The van der Waals surface area contributed by atoms with Gasteiger partial charge in [-0.15, -0.1) is 0 Å². The van der Waals surface area contributed by atoms with E-state index in [2.05, 4.69) is 6.08 Å². The van der Waals surface area contributed by atoms with Crippen LogP contribution in [-0.2, 0) is 13.3 Å². The van der Waals surface area contributed by atoms with Crippen LogP contribution >= 0.6 is 0 Å². The zero-order chi connectivity index (χ0) is 12.3. The Morgan fingerprint density at radius 2 is 1.65 bits per heavy atom. The summed E-state index contributed by atoms with van der Waals surface area (Å²) < 4.78 is 18.0. The first-order valence-corrected chi connectivity index (χ1v) is 8.65. The van der Waals surface area contributed by atoms with Crippen molar-refractivity contribution in [2.75, 3.05) is 19.8 Å². The molecular formula is C13H24O3Si. The van der Waals surface area contributed by atoms with Crippen molar-refractivity contribution in [3.8, 4) is 0 Å². The summed E-state index contributed by atoms with van der Waals surface area (Å²) in [5.41, 5.74) is 2.10. The molecule has 0 saturated heterocycles. The van der Waals surface area contributed by atoms with Crippen molar-refractivity contribution in [2.24, 2.45) is 5.92 Å². The second-order valence-corrected chi connectivity index (χ2v) is 7.59. The molecule has 0 radical (unpaired) electrons. The third-order valence-corrected chi connectivity index (χ3v) is 7.43. The van der Waals surface area contributed by atoms with E-state index >= 15 is 0 Å². The van der Waals surface area contributed by atoms with Gasteiger partial charge < -0.3 is 13.3 Å². The Kier molecular flexibility index (Phi) is 4.41. The van der Waals surface area contributed by atoms with Gasteiger partial charge in [-0.1, -0.05) is 11.6 Å². The highest BCUT2D eigenvalue weighted by Gasteiger charge is 2.55. The van der Waals surface area contributed by atoms with Gasteiger partial charge in [-0.3, -0.25) is 0 Å². The second-order valence-electron chi connectivity index (χ2n) is 4.78. The van der Waals surface area contributed by atoms with Crippen molar-refractivity contribution in [2.45, 2.75) is 45.6 Å². The maximum absolute atomic E-state index is 6.01. The van der Waals surface area contributed by atoms with E-state index in [9.17, 15) is 0 Å². The Hall–Kier alpha value is -0.163. The molecule has 2 unspecified atom stereocenters. The van der Waals surface area contributed by atoms with E-state index < -0.39 is 8.80 Å². The minimum absolute atomic E-state index is 0.502. The van der Waals surface area contributed by atoms with Gasteiger partial charge in [0.15, 0.2) is 0 Å². The number of allylic oxidation sites excluding steroid dienone is 2. The molecule has 2 atom stereocenters. The molecule has 0 N–H and O–H groups in total. The van der Waals surface area contributed by atoms with E-state index in [1.807, 2.05) is 20.8 Å².